The van der Waals surface area contributed by atoms with E-state index in [2.05, 4.69) is 0 Å². The van der Waals surface area contributed by atoms with E-state index in [0.29, 0.717) is 0 Å². The Morgan fingerprint density at radius 2 is 0.833 bits per heavy atom. The van der Waals surface area contributed by atoms with E-state index in [1.807, 2.05) is 0 Å². The van der Waals surface area contributed by atoms with Crippen LogP contribution in [0.15, 0.2) is 0 Å². The molecule has 0 aliphatic heterocycles. The van der Waals surface area contributed by atoms with Gasteiger partial charge in [-0.15, -0.1) is 0 Å². The van der Waals surface area contributed by atoms with Crippen LogP contribution < -0.4 is 0 Å². The van der Waals surface area contributed by atoms with Crippen molar-refractivity contribution >= 4 is 37.2 Å². The van der Waals surface area contributed by atoms with Crippen LogP contribution in [0, 0.1) is 0 Å². The van der Waals surface area contributed by atoms with Crippen molar-refractivity contribution in [2.45, 2.75) is 0 Å². The van der Waals surface area contributed by atoms with E-state index in [1.165, 1.54) is 0 Å². The second-order valence-corrected chi connectivity index (χ2v) is 15.9. The first-order chi connectivity index (χ1) is 2.00. The average molecular weight is 210 g/mol. The zero-order chi connectivity index (χ0) is 4.50. The Morgan fingerprint density at radius 3 is 0.833 bits per heavy atom. The minimum atomic E-state index is -3.11. The molecule has 6 heteroatoms. The monoisotopic (exact) mass is 208 g/mol. The summed E-state index contributed by atoms with van der Waals surface area (Å²) < 4.78 is 0. The first-order valence-electron chi connectivity index (χ1n) is 0.756. The molecule has 0 aromatic rings. The molecule has 0 aromatic carbocycles. The number of hydrogen-bond donors (Lipinski definition) is 0. The molecule has 0 spiro atoms. The molecule has 0 aromatic heterocycles. The van der Waals surface area contributed by atoms with E-state index in [1.54, 1.807) is 0 Å². The molecule has 0 saturated carbocycles. The van der Waals surface area contributed by atoms with Crippen LogP contribution in [0.5, 0.6) is 0 Å². The van der Waals surface area contributed by atoms with Gasteiger partial charge in [0.2, 0.25) is 0 Å². The minimum absolute atomic E-state index is 0. The van der Waals surface area contributed by atoms with E-state index >= 15 is 0 Å². The first-order valence-corrected chi connectivity index (χ1v) is 9.35. The molecule has 0 rings (SSSR count). The second-order valence-electron chi connectivity index (χ2n) is 0.429. The zero-order valence-corrected chi connectivity index (χ0v) is 7.01. The van der Waals surface area contributed by atoms with E-state index in [4.69, 9.17) is 37.2 Å². The van der Waals surface area contributed by atoms with Gasteiger partial charge in [0.15, 0.2) is 0 Å². The van der Waals surface area contributed by atoms with Crippen molar-refractivity contribution in [3.05, 3.63) is 0 Å². The Bertz CT molecular complexity index is 23.0. The van der Waals surface area contributed by atoms with Crippen LogP contribution in [-0.2, 0) is 12.3 Å². The molecule has 0 bridgehead atoms. The molecule has 0 fully saturated rings. The van der Waals surface area contributed by atoms with Crippen molar-refractivity contribution in [2.75, 3.05) is 0 Å². The van der Waals surface area contributed by atoms with Gasteiger partial charge in [0.1, 0.15) is 0 Å². The van der Waals surface area contributed by atoms with Crippen LogP contribution in [0.25, 0.3) is 0 Å². The molecular weight excluding hydrogens is 209 g/mol. The maximum absolute atomic E-state index is 5.01. The molecule has 0 radical (unpaired) electrons. The number of rotatable bonds is 0. The molecule has 0 aliphatic carbocycles. The molecule has 0 heterocycles. The molecule has 0 amide bonds. The first kappa shape index (κ1) is 10.7. The molecule has 0 saturated heterocycles. The molecule has 0 unspecified atom stereocenters. The van der Waals surface area contributed by atoms with Crippen molar-refractivity contribution in [3.8, 4) is 0 Å². The Labute approximate surface area is 53.9 Å². The van der Waals surface area contributed by atoms with E-state index in [9.17, 15) is 0 Å². The average Bonchev–Trinajstić information content (AvgIpc) is 0.722. The summed E-state index contributed by atoms with van der Waals surface area (Å²) in [7, 11) is 20.1. The SMILES string of the molecule is F.[Cl][Ti]([Cl])([Cl])[Cl]. The van der Waals surface area contributed by atoms with Crippen LogP contribution in [0.2, 0.25) is 0 Å². The van der Waals surface area contributed by atoms with Gasteiger partial charge < -0.3 is 0 Å². The van der Waals surface area contributed by atoms with Gasteiger partial charge in [-0.1, -0.05) is 0 Å². The molecule has 0 nitrogen and oxygen atoms in total. The Hall–Kier alpha value is 1.80. The molecule has 0 N–H and O–H groups in total. The second kappa shape index (κ2) is 3.76. The predicted octanol–water partition coefficient (Wildman–Crippen LogP) is 2.91. The third-order valence-electron chi connectivity index (χ3n) is 0. The predicted molar refractivity (Wildman–Crippen MR) is 25.9 cm³/mol. The van der Waals surface area contributed by atoms with Crippen LogP contribution in [-0.4, -0.2) is 0 Å². The summed E-state index contributed by atoms with van der Waals surface area (Å²) in [6.45, 7) is 0. The van der Waals surface area contributed by atoms with E-state index in [0.717, 1.165) is 0 Å². The summed E-state index contributed by atoms with van der Waals surface area (Å²) in [4.78, 5) is 0. The van der Waals surface area contributed by atoms with Crippen LogP contribution in [0.1, 0.15) is 0 Å². The van der Waals surface area contributed by atoms with Gasteiger partial charge in [-0.2, -0.15) is 0 Å². The molecular formula is HCl4FTi. The Kier molecular flexibility index (Phi) is 6.73. The van der Waals surface area contributed by atoms with Gasteiger partial charge in [0.25, 0.3) is 0 Å². The fraction of sp³-hybridized carbons (Fsp3) is 0. The van der Waals surface area contributed by atoms with Gasteiger partial charge >= 0.3 is 49.6 Å². The molecule has 0 atom stereocenters. The quantitative estimate of drug-likeness (QED) is 0.539. The van der Waals surface area contributed by atoms with Crippen LogP contribution >= 0.6 is 37.2 Å². The molecule has 0 aliphatic rings. The summed E-state index contributed by atoms with van der Waals surface area (Å²) in [5.74, 6) is 0. The summed E-state index contributed by atoms with van der Waals surface area (Å²) in [5.41, 5.74) is 0. The van der Waals surface area contributed by atoms with Gasteiger partial charge in [0.05, 0.1) is 0 Å². The number of halogens is 5. The van der Waals surface area contributed by atoms with Crippen molar-refractivity contribution in [3.63, 3.8) is 0 Å². The Morgan fingerprint density at radius 1 is 0.833 bits per heavy atom. The summed E-state index contributed by atoms with van der Waals surface area (Å²) in [6, 6.07) is 0. The summed E-state index contributed by atoms with van der Waals surface area (Å²) in [6.07, 6.45) is 0. The van der Waals surface area contributed by atoms with Crippen molar-refractivity contribution < 1.29 is 17.1 Å². The molecule has 40 valence electrons. The van der Waals surface area contributed by atoms with Crippen LogP contribution in [0.4, 0.5) is 4.70 Å². The fourth-order valence-electron chi connectivity index (χ4n) is 0. The zero-order valence-electron chi connectivity index (χ0n) is 2.42. The normalized spacial score (nSPS) is 10.0. The van der Waals surface area contributed by atoms with Gasteiger partial charge in [-0.05, 0) is 0 Å². The summed E-state index contributed by atoms with van der Waals surface area (Å²) >= 11 is -3.11. The van der Waals surface area contributed by atoms with Gasteiger partial charge in [0, 0.05) is 0 Å². The number of hydrogen-bond acceptors (Lipinski definition) is 0. The van der Waals surface area contributed by atoms with E-state index in [-0.39, 0.29) is 4.70 Å². The fourth-order valence-corrected chi connectivity index (χ4v) is 0. The topological polar surface area (TPSA) is 0 Å². The third-order valence-corrected chi connectivity index (χ3v) is 0. The Balaban J connectivity index is 0. The van der Waals surface area contributed by atoms with Crippen LogP contribution in [0.3, 0.4) is 0 Å². The van der Waals surface area contributed by atoms with E-state index < -0.39 is 12.3 Å². The maximum atomic E-state index is 5.01. The van der Waals surface area contributed by atoms with Crippen molar-refractivity contribution in [1.82, 2.24) is 0 Å². The van der Waals surface area contributed by atoms with Gasteiger partial charge in [-0.3, -0.25) is 4.70 Å². The van der Waals surface area contributed by atoms with Gasteiger partial charge in [-0.25, -0.2) is 0 Å². The summed E-state index contributed by atoms with van der Waals surface area (Å²) in [5, 5.41) is 0. The standard InChI is InChI=1S/4ClH.FH.Ti/h5*1H;/q;;;;;+4/p-4. The third kappa shape index (κ3) is 41.2. The van der Waals surface area contributed by atoms with Crippen molar-refractivity contribution in [2.24, 2.45) is 0 Å². The van der Waals surface area contributed by atoms with Crippen molar-refractivity contribution in [1.29, 1.82) is 0 Å². The molecule has 6 heavy (non-hydrogen) atoms.